The first-order chi connectivity index (χ1) is 11.5. The number of amides is 1. The van der Waals surface area contributed by atoms with E-state index >= 15 is 0 Å². The summed E-state index contributed by atoms with van der Waals surface area (Å²) in [7, 11) is 8.02. The topological polar surface area (TPSA) is 44.8 Å². The van der Waals surface area contributed by atoms with Crippen LogP contribution in [0.3, 0.4) is 0 Å². The van der Waals surface area contributed by atoms with Gasteiger partial charge in [0.1, 0.15) is 5.75 Å². The summed E-state index contributed by atoms with van der Waals surface area (Å²) in [5, 5.41) is 2.84. The second kappa shape index (κ2) is 8.36. The van der Waals surface area contributed by atoms with E-state index in [-0.39, 0.29) is 6.04 Å². The van der Waals surface area contributed by atoms with Crippen LogP contribution in [-0.4, -0.2) is 45.7 Å². The molecule has 24 heavy (non-hydrogen) atoms. The van der Waals surface area contributed by atoms with E-state index in [1.165, 1.54) is 0 Å². The van der Waals surface area contributed by atoms with Crippen molar-refractivity contribution >= 4 is 11.8 Å². The van der Waals surface area contributed by atoms with Gasteiger partial charge in [-0.2, -0.15) is 0 Å². The van der Waals surface area contributed by atoms with Crippen LogP contribution < -0.4 is 15.0 Å². The normalized spacial score (nSPS) is 11.9. The van der Waals surface area contributed by atoms with Gasteiger partial charge >= 0.3 is 6.09 Å². The van der Waals surface area contributed by atoms with Gasteiger partial charge in [0.15, 0.2) is 0 Å². The van der Waals surface area contributed by atoms with Crippen LogP contribution in [0.5, 0.6) is 5.75 Å². The fourth-order valence-corrected chi connectivity index (χ4v) is 2.40. The maximum atomic E-state index is 12.0. The number of hydrogen-bond acceptors (Lipinski definition) is 4. The van der Waals surface area contributed by atoms with Crippen LogP contribution in [0.4, 0.5) is 10.5 Å². The molecule has 0 aliphatic heterocycles. The van der Waals surface area contributed by atoms with Crippen molar-refractivity contribution in [2.45, 2.75) is 6.04 Å². The quantitative estimate of drug-likeness (QED) is 0.885. The van der Waals surface area contributed by atoms with Crippen LogP contribution >= 0.6 is 0 Å². The van der Waals surface area contributed by atoms with Crippen LogP contribution in [0.15, 0.2) is 54.6 Å². The third-order valence-electron chi connectivity index (χ3n) is 3.81. The van der Waals surface area contributed by atoms with Crippen molar-refractivity contribution in [3.05, 3.63) is 60.2 Å². The molecule has 128 valence electrons. The Morgan fingerprint density at radius 2 is 1.62 bits per heavy atom. The number of hydrogen-bond donors (Lipinski definition) is 1. The van der Waals surface area contributed by atoms with Gasteiger partial charge in [0.2, 0.25) is 0 Å². The number of likely N-dealkylation sites (N-methyl/N-ethyl adjacent to an activating group) is 1. The molecule has 2 rings (SSSR count). The predicted molar refractivity (Wildman–Crippen MR) is 97.7 cm³/mol. The van der Waals surface area contributed by atoms with E-state index in [0.29, 0.717) is 12.3 Å². The highest BCUT2D eigenvalue weighted by molar-refractivity contribution is 5.70. The van der Waals surface area contributed by atoms with Crippen molar-refractivity contribution < 1.29 is 9.53 Å². The zero-order chi connectivity index (χ0) is 17.5. The van der Waals surface area contributed by atoms with Crippen LogP contribution in [0.1, 0.15) is 11.6 Å². The largest absolute Gasteiger partial charge is 0.412 e. The summed E-state index contributed by atoms with van der Waals surface area (Å²) in [5.74, 6) is 0.534. The van der Waals surface area contributed by atoms with Crippen molar-refractivity contribution in [2.75, 3.05) is 39.6 Å². The Bertz CT molecular complexity index is 639. The first kappa shape index (κ1) is 17.8. The Morgan fingerprint density at radius 3 is 2.17 bits per heavy atom. The summed E-state index contributed by atoms with van der Waals surface area (Å²) in [6.07, 6.45) is -0.446. The zero-order valence-electron chi connectivity index (χ0n) is 14.7. The molecule has 0 saturated heterocycles. The average molecular weight is 327 g/mol. The Hall–Kier alpha value is -2.53. The Morgan fingerprint density at radius 1 is 1.00 bits per heavy atom. The molecule has 1 atom stereocenters. The lowest BCUT2D eigenvalue weighted by Gasteiger charge is -2.25. The summed E-state index contributed by atoms with van der Waals surface area (Å²) in [6, 6.07) is 17.5. The molecule has 0 saturated carbocycles. The van der Waals surface area contributed by atoms with E-state index in [1.807, 2.05) is 46.4 Å². The summed E-state index contributed by atoms with van der Waals surface area (Å²) in [6.45, 7) is 0.472. The van der Waals surface area contributed by atoms with E-state index in [1.54, 1.807) is 12.1 Å². The van der Waals surface area contributed by atoms with Gasteiger partial charge in [-0.1, -0.05) is 30.3 Å². The summed E-state index contributed by atoms with van der Waals surface area (Å²) in [4.78, 5) is 16.1. The maximum Gasteiger partial charge on any atom is 0.412 e. The molecule has 0 fully saturated rings. The second-order valence-electron chi connectivity index (χ2n) is 6.05. The molecular formula is C19H25N3O2. The van der Waals surface area contributed by atoms with E-state index < -0.39 is 6.09 Å². The molecule has 0 aliphatic rings. The summed E-state index contributed by atoms with van der Waals surface area (Å²) in [5.41, 5.74) is 2.29. The number of carbonyl (C=O) groups is 1. The molecule has 0 heterocycles. The molecule has 1 amide bonds. The molecular weight excluding hydrogens is 302 g/mol. The van der Waals surface area contributed by atoms with Gasteiger partial charge in [-0.3, -0.25) is 0 Å². The highest BCUT2D eigenvalue weighted by Gasteiger charge is 2.16. The van der Waals surface area contributed by atoms with Gasteiger partial charge in [-0.15, -0.1) is 0 Å². The van der Waals surface area contributed by atoms with Crippen LogP contribution in [0, 0.1) is 0 Å². The fourth-order valence-electron chi connectivity index (χ4n) is 2.40. The lowest BCUT2D eigenvalue weighted by Crippen LogP contribution is -2.36. The molecule has 0 spiro atoms. The number of nitrogens with one attached hydrogen (secondary N) is 1. The van der Waals surface area contributed by atoms with Crippen molar-refractivity contribution in [2.24, 2.45) is 0 Å². The monoisotopic (exact) mass is 327 g/mol. The molecule has 2 aromatic carbocycles. The lowest BCUT2D eigenvalue weighted by atomic mass is 10.1. The minimum atomic E-state index is -0.446. The van der Waals surface area contributed by atoms with Gasteiger partial charge in [0.05, 0.1) is 6.04 Å². The number of rotatable bonds is 6. The SMILES string of the molecule is CN(C)c1ccc([C@@H](CNC(=O)Oc2ccccc2)N(C)C)cc1. The van der Waals surface area contributed by atoms with Crippen molar-refractivity contribution in [1.29, 1.82) is 0 Å². The second-order valence-corrected chi connectivity index (χ2v) is 6.05. The minimum Gasteiger partial charge on any atom is -0.410 e. The highest BCUT2D eigenvalue weighted by Crippen LogP contribution is 2.21. The van der Waals surface area contributed by atoms with Crippen LogP contribution in [0.25, 0.3) is 0 Å². The molecule has 5 nitrogen and oxygen atoms in total. The molecule has 0 aromatic heterocycles. The fraction of sp³-hybridized carbons (Fsp3) is 0.316. The smallest absolute Gasteiger partial charge is 0.410 e. The van der Waals surface area contributed by atoms with Gasteiger partial charge in [0.25, 0.3) is 0 Å². The maximum absolute atomic E-state index is 12.0. The third-order valence-corrected chi connectivity index (χ3v) is 3.81. The Balaban J connectivity index is 1.97. The van der Waals surface area contributed by atoms with Gasteiger partial charge < -0.3 is 19.9 Å². The summed E-state index contributed by atoms with van der Waals surface area (Å²) >= 11 is 0. The zero-order valence-corrected chi connectivity index (χ0v) is 14.7. The average Bonchev–Trinajstić information content (AvgIpc) is 2.56. The van der Waals surface area contributed by atoms with Crippen LogP contribution in [-0.2, 0) is 0 Å². The van der Waals surface area contributed by atoms with Crippen molar-refractivity contribution in [1.82, 2.24) is 10.2 Å². The molecule has 2 aromatic rings. The Kier molecular flexibility index (Phi) is 6.21. The van der Waals surface area contributed by atoms with E-state index in [2.05, 4.69) is 39.4 Å². The molecule has 5 heteroatoms. The third kappa shape index (κ3) is 4.99. The van der Waals surface area contributed by atoms with Gasteiger partial charge in [-0.25, -0.2) is 4.79 Å². The lowest BCUT2D eigenvalue weighted by molar-refractivity contribution is 0.194. The number of para-hydroxylation sites is 1. The molecule has 0 bridgehead atoms. The van der Waals surface area contributed by atoms with Crippen molar-refractivity contribution in [3.63, 3.8) is 0 Å². The van der Waals surface area contributed by atoms with E-state index in [4.69, 9.17) is 4.74 Å². The number of carbonyl (C=O) groups excluding carboxylic acids is 1. The molecule has 0 radical (unpaired) electrons. The van der Waals surface area contributed by atoms with Gasteiger partial charge in [0, 0.05) is 26.3 Å². The van der Waals surface area contributed by atoms with Gasteiger partial charge in [-0.05, 0) is 43.9 Å². The number of anilines is 1. The van der Waals surface area contributed by atoms with E-state index in [0.717, 1.165) is 11.3 Å². The number of ether oxygens (including phenoxy) is 1. The molecule has 1 N–H and O–H groups in total. The van der Waals surface area contributed by atoms with Crippen molar-refractivity contribution in [3.8, 4) is 5.75 Å². The Labute approximate surface area is 143 Å². The first-order valence-corrected chi connectivity index (χ1v) is 7.92. The summed E-state index contributed by atoms with van der Waals surface area (Å²) < 4.78 is 5.26. The van der Waals surface area contributed by atoms with E-state index in [9.17, 15) is 4.79 Å². The predicted octanol–water partition coefficient (Wildman–Crippen LogP) is 3.14. The minimum absolute atomic E-state index is 0.0736. The highest BCUT2D eigenvalue weighted by atomic mass is 16.6. The van der Waals surface area contributed by atoms with Crippen LogP contribution in [0.2, 0.25) is 0 Å². The standard InChI is InChI=1S/C19H25N3O2/c1-21(2)16-12-10-15(11-13-16)18(22(3)4)14-20-19(23)24-17-8-6-5-7-9-17/h5-13,18H,14H2,1-4H3,(H,20,23)/t18-/m1/s1. The number of benzene rings is 2. The first-order valence-electron chi connectivity index (χ1n) is 7.92. The number of nitrogens with zero attached hydrogens (tertiary/aromatic N) is 2. The molecule has 0 aliphatic carbocycles. The molecule has 0 unspecified atom stereocenters.